The molecule has 1 saturated heterocycles. The van der Waals surface area contributed by atoms with E-state index < -0.39 is 0 Å². The molecule has 1 radical (unpaired) electrons. The second-order valence-corrected chi connectivity index (χ2v) is 9.85. The fourth-order valence-corrected chi connectivity index (χ4v) is 5.09. The van der Waals surface area contributed by atoms with E-state index in [4.69, 9.17) is 0 Å². The third-order valence-electron chi connectivity index (χ3n) is 5.95. The minimum atomic E-state index is 0.302. The van der Waals surface area contributed by atoms with Crippen LogP contribution in [0.3, 0.4) is 0 Å². The van der Waals surface area contributed by atoms with Gasteiger partial charge in [0.15, 0.2) is 5.78 Å². The zero-order valence-corrected chi connectivity index (χ0v) is 19.3. The van der Waals surface area contributed by atoms with Gasteiger partial charge in [0, 0.05) is 43.2 Å². The third-order valence-corrected chi connectivity index (χ3v) is 6.95. The number of hydrogen-bond acceptors (Lipinski definition) is 6. The predicted molar refractivity (Wildman–Crippen MR) is 127 cm³/mol. The maximum atomic E-state index is 12.4. The van der Waals surface area contributed by atoms with Crippen LogP contribution in [-0.2, 0) is 11.3 Å². The minimum absolute atomic E-state index is 0.302. The molecule has 0 atom stereocenters. The summed E-state index contributed by atoms with van der Waals surface area (Å²) in [7, 11) is 4.13. The van der Waals surface area contributed by atoms with Gasteiger partial charge in [-0.25, -0.2) is 4.98 Å². The molecule has 0 saturated carbocycles. The quantitative estimate of drug-likeness (QED) is 0.615. The van der Waals surface area contributed by atoms with Crippen molar-refractivity contribution in [3.63, 3.8) is 0 Å². The monoisotopic (exact) mass is 435 g/mol. The van der Waals surface area contributed by atoms with Crippen molar-refractivity contribution in [1.29, 1.82) is 0 Å². The maximum Gasteiger partial charge on any atom is 0.162 e. The van der Waals surface area contributed by atoms with Crippen LogP contribution in [0.1, 0.15) is 30.6 Å². The van der Waals surface area contributed by atoms with Crippen molar-refractivity contribution in [2.75, 3.05) is 33.7 Å². The van der Waals surface area contributed by atoms with E-state index in [1.54, 1.807) is 11.3 Å². The summed E-state index contributed by atoms with van der Waals surface area (Å²) in [6.07, 6.45) is 14.0. The van der Waals surface area contributed by atoms with Crippen LogP contribution < -0.4 is 0 Å². The predicted octanol–water partition coefficient (Wildman–Crippen LogP) is 4.40. The topological polar surface area (TPSA) is 49.3 Å². The van der Waals surface area contributed by atoms with Crippen molar-refractivity contribution in [2.24, 2.45) is 5.92 Å². The SMILES string of the molecule is CN(C)C[CH]C1=CCC(=O)C(CC2CCN(Cc3cnc(-c4ccccn4)s3)CC2)=C1. The van der Waals surface area contributed by atoms with Crippen molar-refractivity contribution < 1.29 is 4.79 Å². The summed E-state index contributed by atoms with van der Waals surface area (Å²) in [5.74, 6) is 0.904. The molecule has 4 rings (SSSR count). The summed E-state index contributed by atoms with van der Waals surface area (Å²) in [4.78, 5) is 27.3. The Labute approximate surface area is 189 Å². The normalized spacial score (nSPS) is 18.4. The Morgan fingerprint density at radius 1 is 1.23 bits per heavy atom. The van der Waals surface area contributed by atoms with Crippen LogP contribution in [0.25, 0.3) is 10.7 Å². The van der Waals surface area contributed by atoms with Crippen molar-refractivity contribution in [1.82, 2.24) is 19.8 Å². The number of carbonyl (C=O) groups excluding carboxylic acids is 1. The van der Waals surface area contributed by atoms with Crippen LogP contribution >= 0.6 is 11.3 Å². The van der Waals surface area contributed by atoms with Gasteiger partial charge in [-0.1, -0.05) is 18.2 Å². The Morgan fingerprint density at radius 3 is 2.81 bits per heavy atom. The lowest BCUT2D eigenvalue weighted by molar-refractivity contribution is -0.115. The number of thiazole rings is 1. The molecule has 0 unspecified atom stereocenters. The van der Waals surface area contributed by atoms with E-state index >= 15 is 0 Å². The van der Waals surface area contributed by atoms with Gasteiger partial charge in [0.25, 0.3) is 0 Å². The number of ketones is 1. The van der Waals surface area contributed by atoms with Crippen molar-refractivity contribution >= 4 is 17.1 Å². The summed E-state index contributed by atoms with van der Waals surface area (Å²) >= 11 is 1.73. The van der Waals surface area contributed by atoms with Gasteiger partial charge in [0.05, 0.1) is 5.69 Å². The molecule has 2 aromatic heterocycles. The Morgan fingerprint density at radius 2 is 2.06 bits per heavy atom. The summed E-state index contributed by atoms with van der Waals surface area (Å²) in [6.45, 7) is 4.02. The maximum absolute atomic E-state index is 12.4. The van der Waals surface area contributed by atoms with E-state index in [1.807, 2.05) is 30.6 Å². The van der Waals surface area contributed by atoms with E-state index in [0.717, 1.165) is 61.7 Å². The van der Waals surface area contributed by atoms with Crippen molar-refractivity contribution in [3.05, 3.63) is 65.2 Å². The molecule has 2 aliphatic rings. The summed E-state index contributed by atoms with van der Waals surface area (Å²) < 4.78 is 0. The van der Waals surface area contributed by atoms with E-state index in [0.29, 0.717) is 18.1 Å². The highest BCUT2D eigenvalue weighted by atomic mass is 32.1. The molecule has 31 heavy (non-hydrogen) atoms. The number of Topliss-reactive ketones (excluding diaryl/α,β-unsaturated/α-hetero) is 1. The average Bonchev–Trinajstić information content (AvgIpc) is 3.25. The molecule has 2 aromatic rings. The van der Waals surface area contributed by atoms with Crippen LogP contribution in [0, 0.1) is 12.3 Å². The molecule has 0 N–H and O–H groups in total. The molecule has 1 fully saturated rings. The zero-order chi connectivity index (χ0) is 21.6. The van der Waals surface area contributed by atoms with Crippen LogP contribution in [0.5, 0.6) is 0 Å². The van der Waals surface area contributed by atoms with Crippen LogP contribution in [-0.4, -0.2) is 59.3 Å². The molecule has 0 bridgehead atoms. The largest absolute Gasteiger partial charge is 0.309 e. The molecule has 3 heterocycles. The summed E-state index contributed by atoms with van der Waals surface area (Å²) in [5.41, 5.74) is 3.17. The highest BCUT2D eigenvalue weighted by molar-refractivity contribution is 7.14. The van der Waals surface area contributed by atoms with E-state index in [9.17, 15) is 4.79 Å². The smallest absolute Gasteiger partial charge is 0.162 e. The molecule has 1 aliphatic carbocycles. The minimum Gasteiger partial charge on any atom is -0.309 e. The van der Waals surface area contributed by atoms with Gasteiger partial charge in [-0.2, -0.15) is 0 Å². The average molecular weight is 436 g/mol. The number of aromatic nitrogens is 2. The first-order valence-electron chi connectivity index (χ1n) is 11.1. The number of carbonyl (C=O) groups is 1. The first kappa shape index (κ1) is 22.1. The van der Waals surface area contributed by atoms with E-state index in [-0.39, 0.29) is 0 Å². The van der Waals surface area contributed by atoms with Gasteiger partial charge >= 0.3 is 0 Å². The number of allylic oxidation sites excluding steroid dienone is 3. The summed E-state index contributed by atoms with van der Waals surface area (Å²) in [5, 5.41) is 0.989. The Hall–Kier alpha value is -2.15. The molecule has 1 aliphatic heterocycles. The lowest BCUT2D eigenvalue weighted by Crippen LogP contribution is -2.33. The molecule has 163 valence electrons. The fourth-order valence-electron chi connectivity index (χ4n) is 4.15. The number of piperidine rings is 1. The standard InChI is InChI=1S/C25H31N4OS/c1-28(2)12-8-19-6-7-24(30)21(15-19)16-20-9-13-29(14-10-20)18-22-17-27-25(31-22)23-5-3-4-11-26-23/h3-6,8,11,15,17,20H,7,9-10,12-14,16,18H2,1-2H3. The van der Waals surface area contributed by atoms with Crippen LogP contribution in [0.15, 0.2) is 53.9 Å². The lowest BCUT2D eigenvalue weighted by Gasteiger charge is -2.32. The highest BCUT2D eigenvalue weighted by Gasteiger charge is 2.24. The molecular formula is C25H31N4OS. The zero-order valence-electron chi connectivity index (χ0n) is 18.5. The summed E-state index contributed by atoms with van der Waals surface area (Å²) in [6, 6.07) is 5.94. The highest BCUT2D eigenvalue weighted by Crippen LogP contribution is 2.30. The molecule has 6 heteroatoms. The van der Waals surface area contributed by atoms with Gasteiger partial charge < -0.3 is 4.90 Å². The first-order valence-corrected chi connectivity index (χ1v) is 11.9. The third kappa shape index (κ3) is 6.19. The number of likely N-dealkylation sites (tertiary alicyclic amines) is 1. The number of pyridine rings is 1. The molecule has 0 amide bonds. The Kier molecular flexibility index (Phi) is 7.43. The molecule has 0 spiro atoms. The van der Waals surface area contributed by atoms with Gasteiger partial charge in [-0.3, -0.25) is 14.7 Å². The second-order valence-electron chi connectivity index (χ2n) is 8.74. The van der Waals surface area contributed by atoms with Crippen LogP contribution in [0.2, 0.25) is 0 Å². The molecule has 5 nitrogen and oxygen atoms in total. The first-order chi connectivity index (χ1) is 15.1. The van der Waals surface area contributed by atoms with Gasteiger partial charge in [-0.15, -0.1) is 11.3 Å². The lowest BCUT2D eigenvalue weighted by atomic mass is 9.85. The Bertz CT molecular complexity index is 939. The Balaban J connectivity index is 1.27. The van der Waals surface area contributed by atoms with Crippen molar-refractivity contribution in [3.8, 4) is 10.7 Å². The van der Waals surface area contributed by atoms with E-state index in [1.165, 1.54) is 10.5 Å². The second kappa shape index (κ2) is 10.4. The fraction of sp³-hybridized carbons (Fsp3) is 0.440. The molecular weight excluding hydrogens is 404 g/mol. The van der Waals surface area contributed by atoms with Gasteiger partial charge in [-0.05, 0) is 75.6 Å². The molecule has 0 aromatic carbocycles. The van der Waals surface area contributed by atoms with Crippen LogP contribution in [0.4, 0.5) is 0 Å². The van der Waals surface area contributed by atoms with Gasteiger partial charge in [0.2, 0.25) is 0 Å². The van der Waals surface area contributed by atoms with Crippen molar-refractivity contribution in [2.45, 2.75) is 32.2 Å². The van der Waals surface area contributed by atoms with Gasteiger partial charge in [0.1, 0.15) is 5.01 Å². The number of hydrogen-bond donors (Lipinski definition) is 0. The van der Waals surface area contributed by atoms with E-state index in [2.05, 4.69) is 52.4 Å². The number of nitrogens with zero attached hydrogens (tertiary/aromatic N) is 4. The number of rotatable bonds is 8.